The van der Waals surface area contributed by atoms with E-state index in [1.807, 2.05) is 0 Å². The quantitative estimate of drug-likeness (QED) is 0.772. The molecule has 1 aromatic carbocycles. The highest BCUT2D eigenvalue weighted by molar-refractivity contribution is 7.91. The molecule has 1 aromatic heterocycles. The molecule has 25 heavy (non-hydrogen) atoms. The Bertz CT molecular complexity index is 868. The van der Waals surface area contributed by atoms with Crippen molar-refractivity contribution in [3.8, 4) is 0 Å². The fourth-order valence-electron chi connectivity index (χ4n) is 1.92. The molecule has 1 heterocycles. The SMILES string of the molecule is CCS(=O)(=O)c1ccccc1C(=O)OC(C)C(=O)Nc1ncccn1. The van der Waals surface area contributed by atoms with E-state index in [1.54, 1.807) is 6.07 Å². The largest absolute Gasteiger partial charge is 0.449 e. The predicted octanol–water partition coefficient (Wildman–Crippen LogP) is 1.45. The van der Waals surface area contributed by atoms with E-state index in [0.29, 0.717) is 0 Å². The maximum absolute atomic E-state index is 12.3. The summed E-state index contributed by atoms with van der Waals surface area (Å²) in [6, 6.07) is 7.30. The zero-order chi connectivity index (χ0) is 18.4. The summed E-state index contributed by atoms with van der Waals surface area (Å²) in [5.74, 6) is -1.61. The molecule has 0 bridgehead atoms. The summed E-state index contributed by atoms with van der Waals surface area (Å²) in [5.41, 5.74) is -0.111. The number of anilines is 1. The van der Waals surface area contributed by atoms with Crippen molar-refractivity contribution in [1.29, 1.82) is 0 Å². The number of carbonyl (C=O) groups excluding carboxylic acids is 2. The van der Waals surface area contributed by atoms with Gasteiger partial charge in [0.15, 0.2) is 15.9 Å². The first-order valence-electron chi connectivity index (χ1n) is 7.45. The van der Waals surface area contributed by atoms with Crippen molar-refractivity contribution in [3.63, 3.8) is 0 Å². The van der Waals surface area contributed by atoms with E-state index in [0.717, 1.165) is 0 Å². The number of hydrogen-bond donors (Lipinski definition) is 1. The van der Waals surface area contributed by atoms with Gasteiger partial charge in [-0.05, 0) is 25.1 Å². The number of aromatic nitrogens is 2. The third kappa shape index (κ3) is 4.60. The van der Waals surface area contributed by atoms with Gasteiger partial charge in [-0.15, -0.1) is 0 Å². The van der Waals surface area contributed by atoms with Crippen LogP contribution in [0.15, 0.2) is 47.6 Å². The Balaban J connectivity index is 2.13. The zero-order valence-electron chi connectivity index (χ0n) is 13.7. The second kappa shape index (κ2) is 7.84. The molecule has 1 amide bonds. The summed E-state index contributed by atoms with van der Waals surface area (Å²) in [6.45, 7) is 2.85. The van der Waals surface area contributed by atoms with E-state index in [9.17, 15) is 18.0 Å². The molecule has 0 aliphatic rings. The number of carbonyl (C=O) groups is 2. The summed E-state index contributed by atoms with van der Waals surface area (Å²) in [6.07, 6.45) is 1.74. The van der Waals surface area contributed by atoms with Gasteiger partial charge in [-0.1, -0.05) is 19.1 Å². The van der Waals surface area contributed by atoms with Crippen molar-refractivity contribution in [1.82, 2.24) is 9.97 Å². The molecule has 1 atom stereocenters. The van der Waals surface area contributed by atoms with Gasteiger partial charge in [0.25, 0.3) is 5.91 Å². The third-order valence-electron chi connectivity index (χ3n) is 3.28. The van der Waals surface area contributed by atoms with Gasteiger partial charge >= 0.3 is 5.97 Å². The van der Waals surface area contributed by atoms with Crippen molar-refractivity contribution in [2.45, 2.75) is 24.8 Å². The normalized spacial score (nSPS) is 12.2. The van der Waals surface area contributed by atoms with Gasteiger partial charge < -0.3 is 4.74 Å². The van der Waals surface area contributed by atoms with Gasteiger partial charge in [-0.25, -0.2) is 23.2 Å². The second-order valence-electron chi connectivity index (χ2n) is 5.01. The first-order chi connectivity index (χ1) is 11.8. The first kappa shape index (κ1) is 18.5. The van der Waals surface area contributed by atoms with Crippen LogP contribution in [0.3, 0.4) is 0 Å². The van der Waals surface area contributed by atoms with Crippen molar-refractivity contribution in [3.05, 3.63) is 48.3 Å². The lowest BCUT2D eigenvalue weighted by Gasteiger charge is -2.14. The number of ether oxygens (including phenoxy) is 1. The predicted molar refractivity (Wildman–Crippen MR) is 89.7 cm³/mol. The van der Waals surface area contributed by atoms with Crippen LogP contribution in [0.1, 0.15) is 24.2 Å². The molecular weight excluding hydrogens is 346 g/mol. The zero-order valence-corrected chi connectivity index (χ0v) is 14.5. The maximum atomic E-state index is 12.3. The fraction of sp³-hybridized carbons (Fsp3) is 0.250. The Kier molecular flexibility index (Phi) is 5.81. The molecular formula is C16H17N3O5S. The Morgan fingerprint density at radius 2 is 1.80 bits per heavy atom. The van der Waals surface area contributed by atoms with Gasteiger partial charge in [-0.2, -0.15) is 0 Å². The van der Waals surface area contributed by atoms with Crippen LogP contribution in [-0.4, -0.2) is 42.1 Å². The van der Waals surface area contributed by atoms with Gasteiger partial charge in [0, 0.05) is 12.4 Å². The molecule has 0 saturated heterocycles. The van der Waals surface area contributed by atoms with Gasteiger partial charge in [0.05, 0.1) is 16.2 Å². The van der Waals surface area contributed by atoms with Crippen LogP contribution in [0.25, 0.3) is 0 Å². The van der Waals surface area contributed by atoms with Crippen molar-refractivity contribution >= 4 is 27.7 Å². The molecule has 0 aliphatic heterocycles. The van der Waals surface area contributed by atoms with Crippen LogP contribution in [0.2, 0.25) is 0 Å². The number of sulfone groups is 1. The molecule has 8 nitrogen and oxygen atoms in total. The molecule has 0 radical (unpaired) electrons. The minimum Gasteiger partial charge on any atom is -0.449 e. The van der Waals surface area contributed by atoms with E-state index in [4.69, 9.17) is 4.74 Å². The molecule has 2 aromatic rings. The van der Waals surface area contributed by atoms with Crippen molar-refractivity contribution < 1.29 is 22.7 Å². The number of esters is 1. The number of benzene rings is 1. The molecule has 1 unspecified atom stereocenters. The van der Waals surface area contributed by atoms with Crippen LogP contribution >= 0.6 is 0 Å². The first-order valence-corrected chi connectivity index (χ1v) is 9.11. The number of amides is 1. The average Bonchev–Trinajstić information content (AvgIpc) is 2.62. The number of hydrogen-bond acceptors (Lipinski definition) is 7. The van der Waals surface area contributed by atoms with Crippen LogP contribution < -0.4 is 5.32 Å². The van der Waals surface area contributed by atoms with E-state index in [1.165, 1.54) is 50.5 Å². The van der Waals surface area contributed by atoms with Gasteiger partial charge in [-0.3, -0.25) is 10.1 Å². The summed E-state index contributed by atoms with van der Waals surface area (Å²) in [5, 5.41) is 2.40. The second-order valence-corrected chi connectivity index (χ2v) is 7.26. The molecule has 0 aliphatic carbocycles. The smallest absolute Gasteiger partial charge is 0.340 e. The molecule has 0 spiro atoms. The molecule has 2 rings (SSSR count). The summed E-state index contributed by atoms with van der Waals surface area (Å²) in [7, 11) is -3.60. The van der Waals surface area contributed by atoms with Gasteiger partial charge in [0.2, 0.25) is 5.95 Å². The minimum absolute atomic E-state index is 0.0735. The molecule has 0 saturated carbocycles. The Morgan fingerprint density at radius 3 is 2.44 bits per heavy atom. The van der Waals surface area contributed by atoms with E-state index in [2.05, 4.69) is 15.3 Å². The number of rotatable bonds is 6. The third-order valence-corrected chi connectivity index (χ3v) is 5.06. The van der Waals surface area contributed by atoms with E-state index < -0.39 is 27.8 Å². The topological polar surface area (TPSA) is 115 Å². The van der Waals surface area contributed by atoms with Crippen molar-refractivity contribution in [2.24, 2.45) is 0 Å². The molecule has 0 fully saturated rings. The van der Waals surface area contributed by atoms with Gasteiger partial charge in [0.1, 0.15) is 0 Å². The molecule has 9 heteroatoms. The Morgan fingerprint density at radius 1 is 1.16 bits per heavy atom. The van der Waals surface area contributed by atoms with Crippen LogP contribution in [-0.2, 0) is 19.4 Å². The fourth-order valence-corrected chi connectivity index (χ4v) is 3.00. The lowest BCUT2D eigenvalue weighted by molar-refractivity contribution is -0.123. The van der Waals surface area contributed by atoms with Crippen LogP contribution in [0.4, 0.5) is 5.95 Å². The minimum atomic E-state index is -3.60. The lowest BCUT2D eigenvalue weighted by atomic mass is 10.2. The number of nitrogens with zero attached hydrogens (tertiary/aromatic N) is 2. The highest BCUT2D eigenvalue weighted by Crippen LogP contribution is 2.18. The maximum Gasteiger partial charge on any atom is 0.340 e. The van der Waals surface area contributed by atoms with Crippen LogP contribution in [0.5, 0.6) is 0 Å². The lowest BCUT2D eigenvalue weighted by Crippen LogP contribution is -2.31. The molecule has 1 N–H and O–H groups in total. The van der Waals surface area contributed by atoms with E-state index >= 15 is 0 Å². The monoisotopic (exact) mass is 363 g/mol. The van der Waals surface area contributed by atoms with E-state index in [-0.39, 0.29) is 22.2 Å². The standard InChI is InChI=1S/C16H17N3O5S/c1-3-25(22,23)13-8-5-4-7-12(13)15(21)24-11(2)14(20)19-16-17-9-6-10-18-16/h4-11H,3H2,1-2H3,(H,17,18,19,20). The average molecular weight is 363 g/mol. The Hall–Kier alpha value is -2.81. The summed E-state index contributed by atoms with van der Waals surface area (Å²) < 4.78 is 29.2. The summed E-state index contributed by atoms with van der Waals surface area (Å²) >= 11 is 0. The van der Waals surface area contributed by atoms with Crippen molar-refractivity contribution in [2.75, 3.05) is 11.1 Å². The van der Waals surface area contributed by atoms with Crippen LogP contribution in [0, 0.1) is 0 Å². The number of nitrogens with one attached hydrogen (secondary N) is 1. The Labute approximate surface area is 145 Å². The molecule has 132 valence electrons. The highest BCUT2D eigenvalue weighted by Gasteiger charge is 2.25. The highest BCUT2D eigenvalue weighted by atomic mass is 32.2. The summed E-state index contributed by atoms with van der Waals surface area (Å²) in [4.78, 5) is 31.9.